The zero-order valence-corrected chi connectivity index (χ0v) is 9.08. The number of nitrogens with zero attached hydrogens (tertiary/aromatic N) is 2. The van der Waals surface area contributed by atoms with Crippen molar-refractivity contribution in [1.29, 1.82) is 0 Å². The van der Waals surface area contributed by atoms with Gasteiger partial charge in [0.05, 0.1) is 0 Å². The van der Waals surface area contributed by atoms with Crippen molar-refractivity contribution in [2.45, 2.75) is 0 Å². The number of hydrogen-bond acceptors (Lipinski definition) is 2. The topological polar surface area (TPSA) is 25.8 Å². The quantitative estimate of drug-likeness (QED) is 0.758. The van der Waals surface area contributed by atoms with E-state index in [1.54, 1.807) is 36.9 Å². The van der Waals surface area contributed by atoms with Crippen molar-refractivity contribution in [3.05, 3.63) is 73.3 Å². The zero-order chi connectivity index (χ0) is 11.6. The van der Waals surface area contributed by atoms with Gasteiger partial charge in [-0.25, -0.2) is 0 Å². The van der Waals surface area contributed by atoms with Crippen LogP contribution in [0.4, 0.5) is 0 Å². The Morgan fingerprint density at radius 3 is 1.19 bits per heavy atom. The van der Waals surface area contributed by atoms with E-state index in [1.807, 2.05) is 24.3 Å². The monoisotopic (exact) mass is 210 g/mol. The molecule has 16 heavy (non-hydrogen) atoms. The van der Waals surface area contributed by atoms with Gasteiger partial charge in [0.2, 0.25) is 0 Å². The summed E-state index contributed by atoms with van der Waals surface area (Å²) in [7, 11) is 0. The molecule has 0 aliphatic rings. The van der Waals surface area contributed by atoms with Crippen LogP contribution in [0.5, 0.6) is 0 Å². The van der Waals surface area contributed by atoms with Crippen molar-refractivity contribution in [2.24, 2.45) is 0 Å². The van der Waals surface area contributed by atoms with E-state index < -0.39 is 0 Å². The highest BCUT2D eigenvalue weighted by Gasteiger charge is 1.77. The van der Waals surface area contributed by atoms with Gasteiger partial charge in [-0.05, 0) is 35.4 Å². The fraction of sp³-hybridized carbons (Fsp3) is 0. The second-order valence-corrected chi connectivity index (χ2v) is 2.97. The summed E-state index contributed by atoms with van der Waals surface area (Å²) < 4.78 is 0. The van der Waals surface area contributed by atoms with Gasteiger partial charge in [0, 0.05) is 24.8 Å². The van der Waals surface area contributed by atoms with Crippen molar-refractivity contribution in [3.63, 3.8) is 0 Å². The second-order valence-electron chi connectivity index (χ2n) is 2.97. The van der Waals surface area contributed by atoms with E-state index in [9.17, 15) is 0 Å². The molecule has 0 spiro atoms. The molecule has 0 atom stereocenters. The largest absolute Gasteiger partial charge is 0.265 e. The second kappa shape index (κ2) is 7.12. The van der Waals surface area contributed by atoms with Crippen molar-refractivity contribution in [2.75, 3.05) is 0 Å². The van der Waals surface area contributed by atoms with E-state index in [2.05, 4.69) is 23.1 Å². The standard InChI is InChI=1S/2C7H7N/c2*1-2-7-3-5-8-6-4-7/h2*2-6H,1H2. The number of aromatic nitrogens is 2. The van der Waals surface area contributed by atoms with E-state index in [0.717, 1.165) is 11.1 Å². The lowest BCUT2D eigenvalue weighted by Crippen LogP contribution is -1.69. The minimum atomic E-state index is 1.11. The molecule has 2 aromatic rings. The number of hydrogen-bond donors (Lipinski definition) is 0. The first-order valence-electron chi connectivity index (χ1n) is 4.91. The van der Waals surface area contributed by atoms with Gasteiger partial charge in [0.1, 0.15) is 0 Å². The molecule has 0 bridgehead atoms. The van der Waals surface area contributed by atoms with Gasteiger partial charge in [-0.1, -0.05) is 25.3 Å². The Morgan fingerprint density at radius 2 is 1.00 bits per heavy atom. The maximum Gasteiger partial charge on any atom is 0.0273 e. The van der Waals surface area contributed by atoms with E-state index >= 15 is 0 Å². The summed E-state index contributed by atoms with van der Waals surface area (Å²) in [5.41, 5.74) is 2.22. The fourth-order valence-corrected chi connectivity index (χ4v) is 0.999. The van der Waals surface area contributed by atoms with Crippen LogP contribution in [-0.2, 0) is 0 Å². The Kier molecular flexibility index (Phi) is 5.28. The third-order valence-electron chi connectivity index (χ3n) is 1.88. The van der Waals surface area contributed by atoms with Crippen LogP contribution in [0.25, 0.3) is 12.2 Å². The van der Waals surface area contributed by atoms with Gasteiger partial charge >= 0.3 is 0 Å². The van der Waals surface area contributed by atoms with Crippen LogP contribution in [-0.4, -0.2) is 9.97 Å². The fourth-order valence-electron chi connectivity index (χ4n) is 0.999. The summed E-state index contributed by atoms with van der Waals surface area (Å²) in [5.74, 6) is 0. The molecular formula is C14H14N2. The van der Waals surface area contributed by atoms with E-state index in [0.29, 0.717) is 0 Å². The van der Waals surface area contributed by atoms with E-state index in [1.165, 1.54) is 0 Å². The molecule has 0 fully saturated rings. The normalized spacial score (nSPS) is 8.50. The van der Waals surface area contributed by atoms with Crippen LogP contribution in [0.15, 0.2) is 62.2 Å². The lowest BCUT2D eigenvalue weighted by molar-refractivity contribution is 1.32. The molecule has 0 saturated carbocycles. The van der Waals surface area contributed by atoms with Crippen LogP contribution in [0.2, 0.25) is 0 Å². The summed E-state index contributed by atoms with van der Waals surface area (Å²) in [6.45, 7) is 7.21. The molecule has 2 heteroatoms. The average Bonchev–Trinajstić information content (AvgIpc) is 2.41. The Hall–Kier alpha value is -2.22. The molecule has 0 saturated heterocycles. The van der Waals surface area contributed by atoms with Crippen molar-refractivity contribution in [3.8, 4) is 0 Å². The minimum Gasteiger partial charge on any atom is -0.265 e. The molecule has 2 heterocycles. The van der Waals surface area contributed by atoms with Gasteiger partial charge in [0.15, 0.2) is 0 Å². The molecule has 0 aliphatic heterocycles. The smallest absolute Gasteiger partial charge is 0.0273 e. The third kappa shape index (κ3) is 4.33. The highest BCUT2D eigenvalue weighted by Crippen LogP contribution is 1.95. The van der Waals surface area contributed by atoms with Gasteiger partial charge in [-0.3, -0.25) is 9.97 Å². The molecule has 80 valence electrons. The maximum atomic E-state index is 3.85. The third-order valence-corrected chi connectivity index (χ3v) is 1.88. The lowest BCUT2D eigenvalue weighted by atomic mass is 10.3. The number of pyridine rings is 2. The average molecular weight is 210 g/mol. The molecule has 0 aliphatic carbocycles. The van der Waals surface area contributed by atoms with Crippen LogP contribution < -0.4 is 0 Å². The highest BCUT2D eigenvalue weighted by atomic mass is 14.6. The highest BCUT2D eigenvalue weighted by molar-refractivity contribution is 5.45. The predicted molar refractivity (Wildman–Crippen MR) is 68.7 cm³/mol. The van der Waals surface area contributed by atoms with Crippen LogP contribution >= 0.6 is 0 Å². The molecule has 0 radical (unpaired) electrons. The van der Waals surface area contributed by atoms with Crippen molar-refractivity contribution >= 4 is 12.2 Å². The molecule has 2 aromatic heterocycles. The molecule has 2 rings (SSSR count). The van der Waals surface area contributed by atoms with Crippen LogP contribution in [0, 0.1) is 0 Å². The molecule has 0 unspecified atom stereocenters. The molecule has 0 N–H and O–H groups in total. The van der Waals surface area contributed by atoms with E-state index in [4.69, 9.17) is 0 Å². The first kappa shape index (κ1) is 11.9. The Balaban J connectivity index is 0.000000160. The van der Waals surface area contributed by atoms with Gasteiger partial charge in [0.25, 0.3) is 0 Å². The summed E-state index contributed by atoms with van der Waals surface area (Å²) >= 11 is 0. The first-order chi connectivity index (χ1) is 7.86. The van der Waals surface area contributed by atoms with Gasteiger partial charge in [-0.2, -0.15) is 0 Å². The van der Waals surface area contributed by atoms with Gasteiger partial charge in [-0.15, -0.1) is 0 Å². The summed E-state index contributed by atoms with van der Waals surface area (Å²) in [6, 6.07) is 7.64. The van der Waals surface area contributed by atoms with Crippen molar-refractivity contribution < 1.29 is 0 Å². The summed E-state index contributed by atoms with van der Waals surface area (Å²) in [5, 5.41) is 0. The predicted octanol–water partition coefficient (Wildman–Crippen LogP) is 3.45. The lowest BCUT2D eigenvalue weighted by Gasteiger charge is -1.84. The molecule has 0 amide bonds. The minimum absolute atomic E-state index is 1.11. The Morgan fingerprint density at radius 1 is 0.688 bits per heavy atom. The Bertz CT molecular complexity index is 378. The maximum absolute atomic E-state index is 3.85. The van der Waals surface area contributed by atoms with Gasteiger partial charge < -0.3 is 0 Å². The van der Waals surface area contributed by atoms with E-state index in [-0.39, 0.29) is 0 Å². The zero-order valence-electron chi connectivity index (χ0n) is 9.08. The summed E-state index contributed by atoms with van der Waals surface area (Å²) in [6.07, 6.45) is 10.6. The first-order valence-corrected chi connectivity index (χ1v) is 4.91. The molecule has 2 nitrogen and oxygen atoms in total. The van der Waals surface area contributed by atoms with Crippen LogP contribution in [0.1, 0.15) is 11.1 Å². The SMILES string of the molecule is C=Cc1ccncc1.C=Cc1ccncc1. The summed E-state index contributed by atoms with van der Waals surface area (Å²) in [4.78, 5) is 7.69. The number of rotatable bonds is 2. The Labute approximate surface area is 96.0 Å². The van der Waals surface area contributed by atoms with Crippen LogP contribution in [0.3, 0.4) is 0 Å². The molecule has 0 aromatic carbocycles. The van der Waals surface area contributed by atoms with Crippen molar-refractivity contribution in [1.82, 2.24) is 9.97 Å². The molecular weight excluding hydrogens is 196 g/mol.